The van der Waals surface area contributed by atoms with Crippen molar-refractivity contribution in [1.82, 2.24) is 20.0 Å². The molecule has 0 spiro atoms. The molecular weight excluding hydrogens is 356 g/mol. The van der Waals surface area contributed by atoms with Gasteiger partial charge in [-0.2, -0.15) is 0 Å². The minimum absolute atomic E-state index is 0.265. The summed E-state index contributed by atoms with van der Waals surface area (Å²) in [6.07, 6.45) is 2.04. The Morgan fingerprint density at radius 3 is 2.50 bits per heavy atom. The summed E-state index contributed by atoms with van der Waals surface area (Å²) >= 11 is 0. The van der Waals surface area contributed by atoms with E-state index in [1.54, 1.807) is 14.2 Å². The van der Waals surface area contributed by atoms with Crippen LogP contribution in [0.25, 0.3) is 0 Å². The van der Waals surface area contributed by atoms with Crippen LogP contribution in [0.2, 0.25) is 0 Å². The molecule has 2 saturated heterocycles. The first kappa shape index (κ1) is 19.5. The number of piperazine rings is 1. The Hall–Kier alpha value is -1.83. The summed E-state index contributed by atoms with van der Waals surface area (Å²) in [4.78, 5) is 19.8. The van der Waals surface area contributed by atoms with Crippen molar-refractivity contribution >= 4 is 5.91 Å². The quantitative estimate of drug-likeness (QED) is 0.796. The first-order valence-corrected chi connectivity index (χ1v) is 10.4. The van der Waals surface area contributed by atoms with Gasteiger partial charge in [-0.3, -0.25) is 14.6 Å². The Morgan fingerprint density at radius 1 is 1.07 bits per heavy atom. The van der Waals surface area contributed by atoms with Crippen LogP contribution in [0.3, 0.4) is 0 Å². The van der Waals surface area contributed by atoms with E-state index in [4.69, 9.17) is 9.47 Å². The molecule has 1 amide bonds. The molecule has 1 atom stereocenters. The predicted molar refractivity (Wildman–Crippen MR) is 108 cm³/mol. The van der Waals surface area contributed by atoms with Gasteiger partial charge in [0.15, 0.2) is 11.5 Å². The molecule has 154 valence electrons. The molecule has 0 bridgehead atoms. The summed E-state index contributed by atoms with van der Waals surface area (Å²) in [7, 11) is 3.33. The molecule has 0 aromatic heterocycles. The van der Waals surface area contributed by atoms with Crippen LogP contribution in [0.4, 0.5) is 0 Å². The SMILES string of the molecule is COc1cc2c(cc1OC)CN(CC(=O)N1CCC(N3CCNCC3)C1)CC2. The van der Waals surface area contributed by atoms with Crippen molar-refractivity contribution in [2.45, 2.75) is 25.4 Å². The van der Waals surface area contributed by atoms with Crippen molar-refractivity contribution in [2.75, 3.05) is 66.6 Å². The fraction of sp³-hybridized carbons (Fsp3) is 0.667. The lowest BCUT2D eigenvalue weighted by Gasteiger charge is -2.33. The molecule has 3 aliphatic heterocycles. The van der Waals surface area contributed by atoms with E-state index in [-0.39, 0.29) is 5.91 Å². The number of rotatable bonds is 5. The fourth-order valence-electron chi connectivity index (χ4n) is 4.68. The van der Waals surface area contributed by atoms with Crippen LogP contribution >= 0.6 is 0 Å². The van der Waals surface area contributed by atoms with E-state index in [0.717, 1.165) is 76.7 Å². The van der Waals surface area contributed by atoms with E-state index < -0.39 is 0 Å². The lowest BCUT2D eigenvalue weighted by atomic mass is 9.99. The zero-order valence-electron chi connectivity index (χ0n) is 17.1. The second-order valence-corrected chi connectivity index (χ2v) is 8.00. The van der Waals surface area contributed by atoms with Gasteiger partial charge in [0.05, 0.1) is 20.8 Å². The summed E-state index contributed by atoms with van der Waals surface area (Å²) in [5.41, 5.74) is 2.53. The smallest absolute Gasteiger partial charge is 0.236 e. The molecule has 0 aliphatic carbocycles. The van der Waals surface area contributed by atoms with Crippen LogP contribution in [-0.4, -0.2) is 93.2 Å². The van der Waals surface area contributed by atoms with E-state index in [1.807, 2.05) is 0 Å². The zero-order chi connectivity index (χ0) is 19.5. The minimum Gasteiger partial charge on any atom is -0.493 e. The van der Waals surface area contributed by atoms with Gasteiger partial charge >= 0.3 is 0 Å². The topological polar surface area (TPSA) is 57.3 Å². The number of benzene rings is 1. The van der Waals surface area contributed by atoms with E-state index >= 15 is 0 Å². The number of nitrogens with one attached hydrogen (secondary N) is 1. The van der Waals surface area contributed by atoms with E-state index in [1.165, 1.54) is 11.1 Å². The number of hydrogen-bond donors (Lipinski definition) is 1. The summed E-state index contributed by atoms with van der Waals surface area (Å²) in [6, 6.07) is 4.66. The highest BCUT2D eigenvalue weighted by Crippen LogP contribution is 2.33. The number of nitrogens with zero attached hydrogens (tertiary/aromatic N) is 3. The van der Waals surface area contributed by atoms with Crippen LogP contribution < -0.4 is 14.8 Å². The molecule has 0 saturated carbocycles. The van der Waals surface area contributed by atoms with Crippen LogP contribution in [0, 0.1) is 0 Å². The largest absolute Gasteiger partial charge is 0.493 e. The Bertz CT molecular complexity index is 705. The van der Waals surface area contributed by atoms with Gasteiger partial charge in [-0.05, 0) is 36.1 Å². The van der Waals surface area contributed by atoms with Crippen LogP contribution in [0.1, 0.15) is 17.5 Å². The molecule has 3 heterocycles. The molecule has 7 heteroatoms. The molecule has 28 heavy (non-hydrogen) atoms. The van der Waals surface area contributed by atoms with Crippen molar-refractivity contribution in [1.29, 1.82) is 0 Å². The number of carbonyl (C=O) groups is 1. The third-order valence-electron chi connectivity index (χ3n) is 6.34. The Kier molecular flexibility index (Phi) is 6.04. The molecule has 0 radical (unpaired) electrons. The first-order valence-electron chi connectivity index (χ1n) is 10.4. The predicted octanol–water partition coefficient (Wildman–Crippen LogP) is 0.568. The molecule has 1 N–H and O–H groups in total. The molecule has 1 aromatic rings. The first-order chi connectivity index (χ1) is 13.7. The van der Waals surface area contributed by atoms with Crippen molar-refractivity contribution in [3.05, 3.63) is 23.3 Å². The minimum atomic E-state index is 0.265. The van der Waals surface area contributed by atoms with E-state index in [9.17, 15) is 4.79 Å². The number of amides is 1. The van der Waals surface area contributed by atoms with E-state index in [2.05, 4.69) is 32.1 Å². The van der Waals surface area contributed by atoms with Gasteiger partial charge in [-0.15, -0.1) is 0 Å². The summed E-state index contributed by atoms with van der Waals surface area (Å²) < 4.78 is 10.9. The summed E-state index contributed by atoms with van der Waals surface area (Å²) in [6.45, 7) is 8.29. The van der Waals surface area contributed by atoms with Gasteiger partial charge in [0, 0.05) is 58.4 Å². The van der Waals surface area contributed by atoms with E-state index in [0.29, 0.717) is 12.6 Å². The maximum absolute atomic E-state index is 12.9. The third kappa shape index (κ3) is 4.11. The second-order valence-electron chi connectivity index (χ2n) is 8.00. The van der Waals surface area contributed by atoms with Crippen molar-refractivity contribution < 1.29 is 14.3 Å². The van der Waals surface area contributed by atoms with Gasteiger partial charge < -0.3 is 19.7 Å². The van der Waals surface area contributed by atoms with Crippen molar-refractivity contribution in [3.63, 3.8) is 0 Å². The lowest BCUT2D eigenvalue weighted by Crippen LogP contribution is -2.50. The maximum atomic E-state index is 12.9. The highest BCUT2D eigenvalue weighted by molar-refractivity contribution is 5.78. The summed E-state index contributed by atoms with van der Waals surface area (Å²) in [5.74, 6) is 1.80. The molecule has 1 unspecified atom stereocenters. The van der Waals surface area contributed by atoms with Crippen LogP contribution in [0.5, 0.6) is 11.5 Å². The third-order valence-corrected chi connectivity index (χ3v) is 6.34. The Labute approximate surface area is 167 Å². The highest BCUT2D eigenvalue weighted by atomic mass is 16.5. The fourth-order valence-corrected chi connectivity index (χ4v) is 4.68. The van der Waals surface area contributed by atoms with Gasteiger partial charge in [0.25, 0.3) is 0 Å². The summed E-state index contributed by atoms with van der Waals surface area (Å²) in [5, 5.41) is 3.40. The Balaban J connectivity index is 1.33. The normalized spacial score (nSPS) is 23.5. The monoisotopic (exact) mass is 388 g/mol. The number of likely N-dealkylation sites (tertiary alicyclic amines) is 1. The van der Waals surface area contributed by atoms with Gasteiger partial charge in [0.1, 0.15) is 0 Å². The molecular formula is C21H32N4O3. The second kappa shape index (κ2) is 8.68. The molecule has 7 nitrogen and oxygen atoms in total. The number of carbonyl (C=O) groups excluding carboxylic acids is 1. The van der Waals surface area contributed by atoms with Gasteiger partial charge in [0.2, 0.25) is 5.91 Å². The molecule has 1 aromatic carbocycles. The molecule has 4 rings (SSSR count). The highest BCUT2D eigenvalue weighted by Gasteiger charge is 2.32. The van der Waals surface area contributed by atoms with Crippen LogP contribution in [0.15, 0.2) is 12.1 Å². The van der Waals surface area contributed by atoms with Crippen LogP contribution in [-0.2, 0) is 17.8 Å². The lowest BCUT2D eigenvalue weighted by molar-refractivity contribution is -0.131. The average molecular weight is 389 g/mol. The average Bonchev–Trinajstić information content (AvgIpc) is 3.24. The zero-order valence-corrected chi connectivity index (χ0v) is 17.1. The molecule has 2 fully saturated rings. The Morgan fingerprint density at radius 2 is 1.79 bits per heavy atom. The number of fused-ring (bicyclic) bond motifs is 1. The van der Waals surface area contributed by atoms with Crippen molar-refractivity contribution in [2.24, 2.45) is 0 Å². The van der Waals surface area contributed by atoms with Gasteiger partial charge in [-0.25, -0.2) is 0 Å². The standard InChI is InChI=1S/C21H32N4O3/c1-27-19-11-16-3-7-23(13-17(16)12-20(19)28-2)15-21(26)25-8-4-18(14-25)24-9-5-22-6-10-24/h11-12,18,22H,3-10,13-15H2,1-2H3. The number of ether oxygens (including phenoxy) is 2. The number of methoxy groups -OCH3 is 2. The number of hydrogen-bond acceptors (Lipinski definition) is 6. The van der Waals surface area contributed by atoms with Gasteiger partial charge in [-0.1, -0.05) is 0 Å². The molecule has 3 aliphatic rings. The maximum Gasteiger partial charge on any atom is 0.236 e. The van der Waals surface area contributed by atoms with Crippen molar-refractivity contribution in [3.8, 4) is 11.5 Å².